The summed E-state index contributed by atoms with van der Waals surface area (Å²) in [6.07, 6.45) is 0. The third-order valence-corrected chi connectivity index (χ3v) is 0. The summed E-state index contributed by atoms with van der Waals surface area (Å²) in [6.45, 7) is 0. The Morgan fingerprint density at radius 1 is 1.25 bits per heavy atom. The first-order chi connectivity index (χ1) is 1.00. The molecule has 0 aromatic carbocycles. The van der Waals surface area contributed by atoms with Crippen molar-refractivity contribution in [2.75, 3.05) is 0 Å². The Morgan fingerprint density at radius 2 is 1.25 bits per heavy atom. The summed E-state index contributed by atoms with van der Waals surface area (Å²) in [4.78, 5) is 0. The molecule has 0 bridgehead atoms. The van der Waals surface area contributed by atoms with E-state index < -0.39 is 0 Å². The van der Waals surface area contributed by atoms with Crippen LogP contribution in [-0.2, 0) is 21.5 Å². The van der Waals surface area contributed by atoms with Gasteiger partial charge in [-0.25, -0.2) is 0 Å². The molecule has 0 saturated carbocycles. The maximum absolute atomic E-state index is 8.28. The summed E-state index contributed by atoms with van der Waals surface area (Å²) in [6, 6.07) is 0. The van der Waals surface area contributed by atoms with Gasteiger partial charge in [-0.15, -0.1) is 0 Å². The molecule has 0 spiro atoms. The SMILES string of the molecule is O=[SiH2].[AlH3].[Fe]. The predicted molar refractivity (Wildman–Crippen MR) is 19.2 cm³/mol. The summed E-state index contributed by atoms with van der Waals surface area (Å²) in [5.41, 5.74) is 0. The van der Waals surface area contributed by atoms with Crippen LogP contribution in [0.4, 0.5) is 0 Å². The van der Waals surface area contributed by atoms with E-state index in [1.807, 2.05) is 0 Å². The van der Waals surface area contributed by atoms with Gasteiger partial charge >= 0.3 is 0 Å². The summed E-state index contributed by atoms with van der Waals surface area (Å²) >= 11 is 0. The zero-order valence-electron chi connectivity index (χ0n) is 1.47. The molecule has 0 aromatic heterocycles. The van der Waals surface area contributed by atoms with E-state index in [1.54, 1.807) is 0 Å². The molecule has 0 saturated heterocycles. The molecule has 0 amide bonds. The molecule has 0 aliphatic rings. The van der Waals surface area contributed by atoms with E-state index in [9.17, 15) is 0 Å². The maximum Gasteiger partial charge on any atom is 0.245 e. The van der Waals surface area contributed by atoms with Crippen molar-refractivity contribution < 1.29 is 21.5 Å². The molecule has 4 heteroatoms. The van der Waals surface area contributed by atoms with Gasteiger partial charge in [0.15, 0.2) is 17.4 Å². The van der Waals surface area contributed by atoms with Gasteiger partial charge in [-0.2, -0.15) is 0 Å². The number of rotatable bonds is 0. The fourth-order valence-electron chi connectivity index (χ4n) is 0. The van der Waals surface area contributed by atoms with Crippen LogP contribution in [-0.4, -0.2) is 27.5 Å². The molecule has 1 nitrogen and oxygen atoms in total. The minimum atomic E-state index is 0. The van der Waals surface area contributed by atoms with Gasteiger partial charge in [-0.05, 0) is 0 Å². The minimum Gasteiger partial charge on any atom is -0.396 e. The second-order valence-corrected chi connectivity index (χ2v) is 0. The average Bonchev–Trinajstić information content (AvgIpc) is 1.00. The van der Waals surface area contributed by atoms with E-state index in [0.29, 0.717) is 10.1 Å². The smallest absolute Gasteiger partial charge is 0.245 e. The van der Waals surface area contributed by atoms with Crippen LogP contribution in [0.25, 0.3) is 0 Å². The Balaban J connectivity index is -0.00000000500. The molecule has 4 heavy (non-hydrogen) atoms. The molecule has 0 unspecified atom stereocenters. The van der Waals surface area contributed by atoms with Crippen molar-refractivity contribution >= 4 is 27.5 Å². The van der Waals surface area contributed by atoms with Crippen molar-refractivity contribution in [3.8, 4) is 0 Å². The molecular weight excluding hydrogens is 127 g/mol. The van der Waals surface area contributed by atoms with Crippen LogP contribution in [0.15, 0.2) is 0 Å². The Hall–Kier alpha value is 1.07. The van der Waals surface area contributed by atoms with E-state index in [4.69, 9.17) is 4.46 Å². The van der Waals surface area contributed by atoms with Gasteiger partial charge in [0.05, 0.1) is 0 Å². The van der Waals surface area contributed by atoms with E-state index >= 15 is 0 Å². The molecule has 0 aromatic rings. The van der Waals surface area contributed by atoms with Gasteiger partial charge in [0.2, 0.25) is 10.1 Å². The normalized spacial score (nSPS) is 1.00. The standard InChI is InChI=1S/Al.Fe.H2OSi.3H/c;;1-2;;;/h;;2H2;;;. The van der Waals surface area contributed by atoms with Gasteiger partial charge in [0.1, 0.15) is 0 Å². The Morgan fingerprint density at radius 3 is 1.25 bits per heavy atom. The largest absolute Gasteiger partial charge is 0.396 e. The Labute approximate surface area is 49.2 Å². The van der Waals surface area contributed by atoms with Gasteiger partial charge in [-0.1, -0.05) is 0 Å². The van der Waals surface area contributed by atoms with Crippen LogP contribution >= 0.6 is 0 Å². The molecule has 0 rings (SSSR count). The summed E-state index contributed by atoms with van der Waals surface area (Å²) in [5.74, 6) is 0. The topological polar surface area (TPSA) is 17.1 Å². The monoisotopic (exact) mass is 132 g/mol. The van der Waals surface area contributed by atoms with Crippen LogP contribution < -0.4 is 0 Å². The van der Waals surface area contributed by atoms with Crippen LogP contribution in [0.3, 0.4) is 0 Å². The minimum absolute atomic E-state index is 0. The Bertz CT molecular complexity index is 8.00. The molecule has 0 aliphatic heterocycles. The van der Waals surface area contributed by atoms with Crippen LogP contribution in [0, 0.1) is 0 Å². The molecule has 0 fully saturated rings. The van der Waals surface area contributed by atoms with E-state index in [0.717, 1.165) is 0 Å². The molecule has 0 aliphatic carbocycles. The van der Waals surface area contributed by atoms with Crippen molar-refractivity contribution in [2.24, 2.45) is 0 Å². The molecule has 0 radical (unpaired) electrons. The van der Waals surface area contributed by atoms with E-state index in [-0.39, 0.29) is 34.4 Å². The first-order valence-electron chi connectivity index (χ1n) is 0.289. The molecule has 0 N–H and O–H groups in total. The van der Waals surface area contributed by atoms with Crippen molar-refractivity contribution in [3.63, 3.8) is 0 Å². The number of hydrogen-bond acceptors (Lipinski definition) is 1. The van der Waals surface area contributed by atoms with E-state index in [2.05, 4.69) is 0 Å². The third kappa shape index (κ3) is 11.5. The van der Waals surface area contributed by atoms with Gasteiger partial charge in [-0.3, -0.25) is 0 Å². The zero-order valence-corrected chi connectivity index (χ0v) is 3.99. The first kappa shape index (κ1) is 19.6. The fourth-order valence-corrected chi connectivity index (χ4v) is 0. The quantitative estimate of drug-likeness (QED) is 0.341. The summed E-state index contributed by atoms with van der Waals surface area (Å²) < 4.78 is 8.28. The van der Waals surface area contributed by atoms with Gasteiger partial charge in [0.25, 0.3) is 0 Å². The average molecular weight is 132 g/mol. The molecule has 0 heterocycles. The van der Waals surface area contributed by atoms with Crippen molar-refractivity contribution in [1.29, 1.82) is 0 Å². The molecular formula is H5AlFeOSi. The summed E-state index contributed by atoms with van der Waals surface area (Å²) in [5, 5.41) is 0. The molecule has 26 valence electrons. The van der Waals surface area contributed by atoms with Crippen LogP contribution in [0.2, 0.25) is 0 Å². The molecule has 0 atom stereocenters. The third-order valence-electron chi connectivity index (χ3n) is 0. The Kier molecular flexibility index (Phi) is 164. The second kappa shape index (κ2) is 33.5. The van der Waals surface area contributed by atoms with E-state index in [1.165, 1.54) is 0 Å². The van der Waals surface area contributed by atoms with Gasteiger partial charge < -0.3 is 4.46 Å². The summed E-state index contributed by atoms with van der Waals surface area (Å²) in [7, 11) is 0.611. The fraction of sp³-hybridized carbons (Fsp3) is 0. The first-order valence-corrected chi connectivity index (χ1v) is 0.866. The van der Waals surface area contributed by atoms with Crippen molar-refractivity contribution in [2.45, 2.75) is 0 Å². The predicted octanol–water partition coefficient (Wildman–Crippen LogP) is -2.22. The second-order valence-electron chi connectivity index (χ2n) is 0. The van der Waals surface area contributed by atoms with Crippen molar-refractivity contribution in [1.82, 2.24) is 0 Å². The van der Waals surface area contributed by atoms with Gasteiger partial charge in [0, 0.05) is 17.1 Å². The van der Waals surface area contributed by atoms with Crippen LogP contribution in [0.5, 0.6) is 0 Å². The maximum atomic E-state index is 8.28. The van der Waals surface area contributed by atoms with Crippen LogP contribution in [0.1, 0.15) is 0 Å². The van der Waals surface area contributed by atoms with Crippen molar-refractivity contribution in [3.05, 3.63) is 0 Å². The zero-order chi connectivity index (χ0) is 2.00. The number of hydrogen-bond donors (Lipinski definition) is 0.